The van der Waals surface area contributed by atoms with Crippen molar-refractivity contribution in [3.8, 4) is 11.5 Å². The molecular formula is C16H20N2O2. The predicted molar refractivity (Wildman–Crippen MR) is 82.6 cm³/mol. The van der Waals surface area contributed by atoms with Crippen molar-refractivity contribution in [1.29, 1.82) is 0 Å². The first-order chi connectivity index (χ1) is 9.69. The summed E-state index contributed by atoms with van der Waals surface area (Å²) in [6, 6.07) is 15.4. The highest BCUT2D eigenvalue weighted by Crippen LogP contribution is 2.18. The van der Waals surface area contributed by atoms with E-state index in [0.29, 0.717) is 12.3 Å². The Kier molecular flexibility index (Phi) is 4.71. The molecule has 0 atom stereocenters. The van der Waals surface area contributed by atoms with Gasteiger partial charge in [-0.2, -0.15) is 0 Å². The number of anilines is 2. The van der Waals surface area contributed by atoms with E-state index in [1.54, 1.807) is 7.11 Å². The lowest BCUT2D eigenvalue weighted by atomic mass is 10.3. The van der Waals surface area contributed by atoms with Crippen LogP contribution in [0.1, 0.15) is 0 Å². The maximum atomic E-state index is 5.71. The molecule has 2 N–H and O–H groups in total. The molecule has 0 saturated heterocycles. The van der Waals surface area contributed by atoms with E-state index in [1.807, 2.05) is 55.6 Å². The van der Waals surface area contributed by atoms with Crippen LogP contribution in [0.25, 0.3) is 0 Å². The van der Waals surface area contributed by atoms with E-state index in [2.05, 4.69) is 4.90 Å². The minimum atomic E-state index is 0.603. The van der Waals surface area contributed by atoms with E-state index in [-0.39, 0.29) is 0 Å². The number of methoxy groups -OCH3 is 1. The lowest BCUT2D eigenvalue weighted by Crippen LogP contribution is -2.23. The van der Waals surface area contributed by atoms with E-state index in [0.717, 1.165) is 23.7 Å². The number of nitrogens with zero attached hydrogens (tertiary/aromatic N) is 1. The highest BCUT2D eigenvalue weighted by Gasteiger charge is 2.02. The predicted octanol–water partition coefficient (Wildman–Crippen LogP) is 2.79. The minimum Gasteiger partial charge on any atom is -0.497 e. The molecule has 0 radical (unpaired) electrons. The third-order valence-corrected chi connectivity index (χ3v) is 3.07. The number of rotatable bonds is 6. The van der Waals surface area contributed by atoms with E-state index >= 15 is 0 Å². The number of benzene rings is 2. The summed E-state index contributed by atoms with van der Waals surface area (Å²) in [5, 5.41) is 0. The number of nitrogens with two attached hydrogens (primary N) is 1. The van der Waals surface area contributed by atoms with E-state index in [4.69, 9.17) is 15.2 Å². The van der Waals surface area contributed by atoms with Gasteiger partial charge in [0.25, 0.3) is 0 Å². The largest absolute Gasteiger partial charge is 0.497 e. The summed E-state index contributed by atoms with van der Waals surface area (Å²) >= 11 is 0. The van der Waals surface area contributed by atoms with Crippen molar-refractivity contribution in [2.45, 2.75) is 0 Å². The van der Waals surface area contributed by atoms with Gasteiger partial charge in [-0.15, -0.1) is 0 Å². The van der Waals surface area contributed by atoms with Gasteiger partial charge in [-0.1, -0.05) is 6.07 Å². The van der Waals surface area contributed by atoms with Crippen molar-refractivity contribution in [2.75, 3.05) is 37.9 Å². The summed E-state index contributed by atoms with van der Waals surface area (Å²) < 4.78 is 10.8. The monoisotopic (exact) mass is 272 g/mol. The minimum absolute atomic E-state index is 0.603. The lowest BCUT2D eigenvalue weighted by molar-refractivity contribution is 0.326. The molecule has 0 aliphatic rings. The molecule has 4 nitrogen and oxygen atoms in total. The summed E-state index contributed by atoms with van der Waals surface area (Å²) in [5.74, 6) is 1.66. The molecule has 0 unspecified atom stereocenters. The second kappa shape index (κ2) is 6.70. The Balaban J connectivity index is 1.83. The van der Waals surface area contributed by atoms with E-state index in [9.17, 15) is 0 Å². The van der Waals surface area contributed by atoms with Crippen LogP contribution in [-0.4, -0.2) is 27.3 Å². The normalized spacial score (nSPS) is 10.1. The average Bonchev–Trinajstić information content (AvgIpc) is 2.47. The molecule has 0 aliphatic heterocycles. The molecular weight excluding hydrogens is 252 g/mol. The van der Waals surface area contributed by atoms with Gasteiger partial charge in [0.15, 0.2) is 0 Å². The second-order valence-electron chi connectivity index (χ2n) is 4.54. The molecule has 0 aliphatic carbocycles. The zero-order valence-corrected chi connectivity index (χ0v) is 11.9. The smallest absolute Gasteiger partial charge is 0.121 e. The lowest BCUT2D eigenvalue weighted by Gasteiger charge is -2.19. The molecule has 0 heterocycles. The highest BCUT2D eigenvalue weighted by atomic mass is 16.5. The number of likely N-dealkylation sites (N-methyl/N-ethyl adjacent to an activating group) is 1. The molecule has 20 heavy (non-hydrogen) atoms. The maximum Gasteiger partial charge on any atom is 0.121 e. The van der Waals surface area contributed by atoms with Gasteiger partial charge in [0, 0.05) is 24.5 Å². The fourth-order valence-corrected chi connectivity index (χ4v) is 1.87. The van der Waals surface area contributed by atoms with Crippen LogP contribution in [0.3, 0.4) is 0 Å². The van der Waals surface area contributed by atoms with Crippen molar-refractivity contribution in [1.82, 2.24) is 0 Å². The molecule has 2 aromatic rings. The SMILES string of the molecule is COc1ccc(N(C)CCOc2cccc(N)c2)cc1. The van der Waals surface area contributed by atoms with Crippen molar-refractivity contribution < 1.29 is 9.47 Å². The van der Waals surface area contributed by atoms with Gasteiger partial charge in [0.05, 0.1) is 13.7 Å². The number of nitrogen functional groups attached to an aromatic ring is 1. The Morgan fingerprint density at radius 2 is 1.80 bits per heavy atom. The number of hydrogen-bond acceptors (Lipinski definition) is 4. The zero-order valence-electron chi connectivity index (χ0n) is 11.9. The molecule has 0 spiro atoms. The highest BCUT2D eigenvalue weighted by molar-refractivity contribution is 5.48. The Labute approximate surface area is 119 Å². The van der Waals surface area contributed by atoms with Gasteiger partial charge in [-0.25, -0.2) is 0 Å². The summed E-state index contributed by atoms with van der Waals surface area (Å²) in [6.45, 7) is 1.40. The molecule has 4 heteroatoms. The fourth-order valence-electron chi connectivity index (χ4n) is 1.87. The fraction of sp³-hybridized carbons (Fsp3) is 0.250. The molecule has 2 rings (SSSR count). The Morgan fingerprint density at radius 3 is 2.45 bits per heavy atom. The third-order valence-electron chi connectivity index (χ3n) is 3.07. The number of hydrogen-bond donors (Lipinski definition) is 1. The van der Waals surface area contributed by atoms with Crippen LogP contribution in [0.5, 0.6) is 11.5 Å². The summed E-state index contributed by atoms with van der Waals surface area (Å²) in [5.41, 5.74) is 7.55. The molecule has 0 bridgehead atoms. The summed E-state index contributed by atoms with van der Waals surface area (Å²) in [4.78, 5) is 2.13. The van der Waals surface area contributed by atoms with Crippen molar-refractivity contribution in [3.05, 3.63) is 48.5 Å². The molecule has 0 saturated carbocycles. The van der Waals surface area contributed by atoms with Gasteiger partial charge in [-0.05, 0) is 36.4 Å². The van der Waals surface area contributed by atoms with Crippen molar-refractivity contribution >= 4 is 11.4 Å². The van der Waals surface area contributed by atoms with E-state index < -0.39 is 0 Å². The quantitative estimate of drug-likeness (QED) is 0.821. The topological polar surface area (TPSA) is 47.7 Å². The molecule has 2 aromatic carbocycles. The Morgan fingerprint density at radius 1 is 1.05 bits per heavy atom. The molecule has 0 fully saturated rings. The standard InChI is InChI=1S/C16H20N2O2/c1-18(14-6-8-15(19-2)9-7-14)10-11-20-16-5-3-4-13(17)12-16/h3-9,12H,10-11,17H2,1-2H3. The number of ether oxygens (including phenoxy) is 2. The Bertz CT molecular complexity index is 540. The van der Waals surface area contributed by atoms with Crippen LogP contribution < -0.4 is 20.1 Å². The van der Waals surface area contributed by atoms with Gasteiger partial charge in [0.1, 0.15) is 18.1 Å². The van der Waals surface area contributed by atoms with Crippen LogP contribution in [-0.2, 0) is 0 Å². The Hall–Kier alpha value is -2.36. The van der Waals surface area contributed by atoms with Gasteiger partial charge < -0.3 is 20.1 Å². The van der Waals surface area contributed by atoms with Crippen LogP contribution in [0.2, 0.25) is 0 Å². The first kappa shape index (κ1) is 14.1. The molecule has 106 valence electrons. The third kappa shape index (κ3) is 3.82. The van der Waals surface area contributed by atoms with Crippen LogP contribution in [0.4, 0.5) is 11.4 Å². The van der Waals surface area contributed by atoms with Crippen LogP contribution >= 0.6 is 0 Å². The first-order valence-electron chi connectivity index (χ1n) is 6.52. The van der Waals surface area contributed by atoms with Crippen LogP contribution in [0, 0.1) is 0 Å². The second-order valence-corrected chi connectivity index (χ2v) is 4.54. The zero-order chi connectivity index (χ0) is 14.4. The average molecular weight is 272 g/mol. The van der Waals surface area contributed by atoms with Gasteiger partial charge in [0.2, 0.25) is 0 Å². The summed E-state index contributed by atoms with van der Waals surface area (Å²) in [6.07, 6.45) is 0. The van der Waals surface area contributed by atoms with Crippen molar-refractivity contribution in [3.63, 3.8) is 0 Å². The van der Waals surface area contributed by atoms with Crippen LogP contribution in [0.15, 0.2) is 48.5 Å². The first-order valence-corrected chi connectivity index (χ1v) is 6.52. The maximum absolute atomic E-state index is 5.71. The summed E-state index contributed by atoms with van der Waals surface area (Å²) in [7, 11) is 3.70. The molecule has 0 amide bonds. The van der Waals surface area contributed by atoms with E-state index in [1.165, 1.54) is 0 Å². The molecule has 0 aromatic heterocycles. The van der Waals surface area contributed by atoms with Gasteiger partial charge in [-0.3, -0.25) is 0 Å². The van der Waals surface area contributed by atoms with Crippen molar-refractivity contribution in [2.24, 2.45) is 0 Å². The van der Waals surface area contributed by atoms with Gasteiger partial charge >= 0.3 is 0 Å².